The predicted molar refractivity (Wildman–Crippen MR) is 62.1 cm³/mol. The van der Waals surface area contributed by atoms with Crippen LogP contribution in [0.15, 0.2) is 18.5 Å². The average molecular weight is 223 g/mol. The van der Waals surface area contributed by atoms with Gasteiger partial charge in [-0.05, 0) is 43.6 Å². The minimum atomic E-state index is 0.657. The number of hydrogen-bond acceptors (Lipinski definition) is 2. The molecule has 1 aromatic rings. The van der Waals surface area contributed by atoms with Gasteiger partial charge in [0.25, 0.3) is 0 Å². The minimum Gasteiger partial charge on any atom is -0.380 e. The van der Waals surface area contributed by atoms with E-state index in [1.54, 1.807) is 12.4 Å². The SMILES string of the molecule is Clc1cnccc1NC(C1CC1)C1CC1. The molecule has 0 radical (unpaired) electrons. The molecular weight excluding hydrogens is 208 g/mol. The van der Waals surface area contributed by atoms with E-state index in [1.807, 2.05) is 6.07 Å². The third-order valence-electron chi connectivity index (χ3n) is 3.35. The first-order valence-corrected chi connectivity index (χ1v) is 6.08. The van der Waals surface area contributed by atoms with E-state index >= 15 is 0 Å². The van der Waals surface area contributed by atoms with E-state index in [9.17, 15) is 0 Å². The molecule has 0 aromatic carbocycles. The van der Waals surface area contributed by atoms with Crippen molar-refractivity contribution in [3.8, 4) is 0 Å². The number of nitrogens with one attached hydrogen (secondary N) is 1. The summed E-state index contributed by atoms with van der Waals surface area (Å²) in [5, 5.41) is 4.34. The third kappa shape index (κ3) is 2.10. The maximum Gasteiger partial charge on any atom is 0.0820 e. The molecule has 0 amide bonds. The van der Waals surface area contributed by atoms with Crippen molar-refractivity contribution in [2.75, 3.05) is 5.32 Å². The molecule has 1 N–H and O–H groups in total. The van der Waals surface area contributed by atoms with Gasteiger partial charge in [0.05, 0.1) is 10.7 Å². The lowest BCUT2D eigenvalue weighted by atomic mass is 10.1. The lowest BCUT2D eigenvalue weighted by Crippen LogP contribution is -2.24. The first-order valence-electron chi connectivity index (χ1n) is 5.70. The van der Waals surface area contributed by atoms with Gasteiger partial charge in [-0.15, -0.1) is 0 Å². The number of hydrogen-bond donors (Lipinski definition) is 1. The van der Waals surface area contributed by atoms with E-state index in [4.69, 9.17) is 11.6 Å². The Labute approximate surface area is 95.0 Å². The van der Waals surface area contributed by atoms with Crippen molar-refractivity contribution < 1.29 is 0 Å². The zero-order valence-corrected chi connectivity index (χ0v) is 9.37. The summed E-state index contributed by atoms with van der Waals surface area (Å²) in [6, 6.07) is 2.63. The number of anilines is 1. The van der Waals surface area contributed by atoms with Crippen molar-refractivity contribution in [1.29, 1.82) is 0 Å². The number of pyridine rings is 1. The second-order valence-electron chi connectivity index (χ2n) is 4.70. The van der Waals surface area contributed by atoms with E-state index in [0.717, 1.165) is 22.5 Å². The number of aromatic nitrogens is 1. The van der Waals surface area contributed by atoms with Crippen molar-refractivity contribution in [2.24, 2.45) is 11.8 Å². The Kier molecular flexibility index (Phi) is 2.32. The minimum absolute atomic E-state index is 0.657. The monoisotopic (exact) mass is 222 g/mol. The van der Waals surface area contributed by atoms with Gasteiger partial charge in [0, 0.05) is 18.4 Å². The molecule has 0 saturated heterocycles. The van der Waals surface area contributed by atoms with Crippen LogP contribution in [0.3, 0.4) is 0 Å². The molecule has 2 fully saturated rings. The summed E-state index contributed by atoms with van der Waals surface area (Å²) in [6.45, 7) is 0. The van der Waals surface area contributed by atoms with Gasteiger partial charge in [-0.25, -0.2) is 0 Å². The van der Waals surface area contributed by atoms with Crippen LogP contribution < -0.4 is 5.32 Å². The molecule has 0 atom stereocenters. The number of nitrogens with zero attached hydrogens (tertiary/aromatic N) is 1. The summed E-state index contributed by atoms with van der Waals surface area (Å²) >= 11 is 6.09. The van der Waals surface area contributed by atoms with Crippen molar-refractivity contribution in [1.82, 2.24) is 4.98 Å². The lowest BCUT2D eigenvalue weighted by molar-refractivity contribution is 0.568. The Morgan fingerprint density at radius 3 is 2.47 bits per heavy atom. The quantitative estimate of drug-likeness (QED) is 0.845. The highest BCUT2D eigenvalue weighted by molar-refractivity contribution is 6.33. The summed E-state index contributed by atoms with van der Waals surface area (Å²) in [5.41, 5.74) is 1.05. The van der Waals surface area contributed by atoms with Gasteiger partial charge in [-0.1, -0.05) is 11.6 Å². The maximum atomic E-state index is 6.09. The fraction of sp³-hybridized carbons (Fsp3) is 0.583. The normalized spacial score (nSPS) is 20.7. The van der Waals surface area contributed by atoms with Gasteiger partial charge in [0.2, 0.25) is 0 Å². The molecule has 0 aliphatic heterocycles. The molecular formula is C12H15ClN2. The van der Waals surface area contributed by atoms with Crippen molar-refractivity contribution in [3.63, 3.8) is 0 Å². The summed E-state index contributed by atoms with van der Waals surface area (Å²) in [6.07, 6.45) is 9.05. The Hall–Kier alpha value is -0.760. The molecule has 15 heavy (non-hydrogen) atoms. The Morgan fingerprint density at radius 2 is 1.93 bits per heavy atom. The molecule has 1 heterocycles. The first kappa shape index (κ1) is 9.46. The van der Waals surface area contributed by atoms with E-state index in [2.05, 4.69) is 10.3 Å². The summed E-state index contributed by atoms with van der Waals surface area (Å²) < 4.78 is 0. The molecule has 0 spiro atoms. The summed E-state index contributed by atoms with van der Waals surface area (Å²) in [4.78, 5) is 4.00. The van der Waals surface area contributed by atoms with Crippen LogP contribution in [-0.2, 0) is 0 Å². The summed E-state index contributed by atoms with van der Waals surface area (Å²) in [7, 11) is 0. The number of rotatable bonds is 4. The topological polar surface area (TPSA) is 24.9 Å². The van der Waals surface area contributed by atoms with E-state index in [-0.39, 0.29) is 0 Å². The highest BCUT2D eigenvalue weighted by Crippen LogP contribution is 2.46. The molecule has 80 valence electrons. The van der Waals surface area contributed by atoms with Crippen LogP contribution in [0, 0.1) is 11.8 Å². The van der Waals surface area contributed by atoms with Gasteiger partial charge in [-0.2, -0.15) is 0 Å². The van der Waals surface area contributed by atoms with Crippen molar-refractivity contribution >= 4 is 17.3 Å². The van der Waals surface area contributed by atoms with Crippen LogP contribution in [0.4, 0.5) is 5.69 Å². The molecule has 2 nitrogen and oxygen atoms in total. The van der Waals surface area contributed by atoms with E-state index < -0.39 is 0 Å². The van der Waals surface area contributed by atoms with Crippen LogP contribution >= 0.6 is 11.6 Å². The molecule has 3 heteroatoms. The van der Waals surface area contributed by atoms with Gasteiger partial charge in [0.1, 0.15) is 0 Å². The van der Waals surface area contributed by atoms with Crippen LogP contribution in [-0.4, -0.2) is 11.0 Å². The van der Waals surface area contributed by atoms with Crippen molar-refractivity contribution in [2.45, 2.75) is 31.7 Å². The smallest absolute Gasteiger partial charge is 0.0820 e. The Balaban J connectivity index is 1.74. The Morgan fingerprint density at radius 1 is 1.27 bits per heavy atom. The largest absolute Gasteiger partial charge is 0.380 e. The van der Waals surface area contributed by atoms with Gasteiger partial charge >= 0.3 is 0 Å². The molecule has 2 aliphatic rings. The van der Waals surface area contributed by atoms with E-state index in [1.165, 1.54) is 25.7 Å². The third-order valence-corrected chi connectivity index (χ3v) is 3.66. The van der Waals surface area contributed by atoms with Gasteiger partial charge < -0.3 is 5.32 Å². The van der Waals surface area contributed by atoms with Crippen LogP contribution in [0.5, 0.6) is 0 Å². The fourth-order valence-electron chi connectivity index (χ4n) is 2.20. The highest BCUT2D eigenvalue weighted by atomic mass is 35.5. The predicted octanol–water partition coefficient (Wildman–Crippen LogP) is 3.34. The fourth-order valence-corrected chi connectivity index (χ4v) is 2.38. The number of halogens is 1. The molecule has 0 bridgehead atoms. The van der Waals surface area contributed by atoms with Crippen LogP contribution in [0.25, 0.3) is 0 Å². The highest BCUT2D eigenvalue weighted by Gasteiger charge is 2.41. The average Bonchev–Trinajstić information content (AvgIpc) is 3.10. The van der Waals surface area contributed by atoms with Crippen molar-refractivity contribution in [3.05, 3.63) is 23.5 Å². The maximum absolute atomic E-state index is 6.09. The first-order chi connectivity index (χ1) is 7.34. The lowest BCUT2D eigenvalue weighted by Gasteiger charge is -2.19. The standard InChI is InChI=1S/C12H15ClN2/c13-10-7-14-6-5-11(10)15-12(8-1-2-8)9-3-4-9/h5-9,12H,1-4H2,(H,14,15). The zero-order valence-electron chi connectivity index (χ0n) is 8.62. The van der Waals surface area contributed by atoms with Crippen LogP contribution in [0.1, 0.15) is 25.7 Å². The molecule has 1 aromatic heterocycles. The second kappa shape index (κ2) is 3.67. The second-order valence-corrected chi connectivity index (χ2v) is 5.11. The Bertz CT molecular complexity index is 346. The molecule has 0 unspecified atom stereocenters. The zero-order chi connectivity index (χ0) is 10.3. The van der Waals surface area contributed by atoms with Gasteiger partial charge in [-0.3, -0.25) is 4.98 Å². The molecule has 2 aliphatic carbocycles. The van der Waals surface area contributed by atoms with Crippen LogP contribution in [0.2, 0.25) is 5.02 Å². The van der Waals surface area contributed by atoms with E-state index in [0.29, 0.717) is 6.04 Å². The van der Waals surface area contributed by atoms with Gasteiger partial charge in [0.15, 0.2) is 0 Å². The molecule has 3 rings (SSSR count). The summed E-state index contributed by atoms with van der Waals surface area (Å²) in [5.74, 6) is 1.78. The molecule has 2 saturated carbocycles.